The van der Waals surface area contributed by atoms with Crippen molar-refractivity contribution in [3.8, 4) is 5.75 Å². The molecule has 2 heterocycles. The molecular formula is C27H41N3O5. The quantitative estimate of drug-likeness (QED) is 0.531. The van der Waals surface area contributed by atoms with E-state index < -0.39 is 12.2 Å². The van der Waals surface area contributed by atoms with Crippen molar-refractivity contribution in [1.29, 1.82) is 0 Å². The number of hydrogen-bond acceptors (Lipinski definition) is 6. The van der Waals surface area contributed by atoms with Crippen molar-refractivity contribution in [2.45, 2.75) is 65.0 Å². The van der Waals surface area contributed by atoms with Gasteiger partial charge in [0.2, 0.25) is 0 Å². The zero-order valence-electron chi connectivity index (χ0n) is 21.5. The Morgan fingerprint density at radius 2 is 1.97 bits per heavy atom. The standard InChI is InChI=1S/C27H41N3O5/c1-26(2,3)27(16-35-15-17-6-9-30(10-7-17)25(32)33)8-5-18(13-24(27)31)21-12-19-11-20(28)23(34-4)14-22(19)29-21/h11-12,14,17-18,21,24,31H,5-10,13,15-16,28H2,1-4H3,(H,32,33)/t18-,21?,24?,27-/m0/s1. The smallest absolute Gasteiger partial charge is 0.407 e. The first-order chi connectivity index (χ1) is 16.5. The van der Waals surface area contributed by atoms with Crippen molar-refractivity contribution >= 4 is 17.9 Å². The Kier molecular flexibility index (Phi) is 7.34. The van der Waals surface area contributed by atoms with E-state index >= 15 is 0 Å². The van der Waals surface area contributed by atoms with Crippen molar-refractivity contribution in [2.24, 2.45) is 27.7 Å². The van der Waals surface area contributed by atoms with Gasteiger partial charge in [-0.05, 0) is 55.4 Å². The monoisotopic (exact) mass is 487 g/mol. The molecule has 8 heteroatoms. The van der Waals surface area contributed by atoms with Crippen LogP contribution < -0.4 is 21.0 Å². The van der Waals surface area contributed by atoms with Crippen LogP contribution in [-0.2, 0) is 4.74 Å². The Hall–Kier alpha value is -2.32. The van der Waals surface area contributed by atoms with Crippen LogP contribution in [0.15, 0.2) is 17.1 Å². The van der Waals surface area contributed by atoms with Crippen molar-refractivity contribution in [1.82, 2.24) is 4.90 Å². The lowest BCUT2D eigenvalue weighted by Gasteiger charge is -2.52. The summed E-state index contributed by atoms with van der Waals surface area (Å²) in [5.41, 5.74) is 6.25. The van der Waals surface area contributed by atoms with Crippen LogP contribution in [0.25, 0.3) is 6.08 Å². The highest BCUT2D eigenvalue weighted by Crippen LogP contribution is 2.52. The van der Waals surface area contributed by atoms with Gasteiger partial charge in [0, 0.05) is 36.4 Å². The number of fused-ring (bicyclic) bond motifs is 1. The molecule has 3 aliphatic rings. The van der Waals surface area contributed by atoms with Crippen LogP contribution >= 0.6 is 0 Å². The van der Waals surface area contributed by atoms with E-state index in [1.54, 1.807) is 7.11 Å². The van der Waals surface area contributed by atoms with Crippen LogP contribution in [-0.4, -0.2) is 66.8 Å². The maximum atomic E-state index is 11.5. The Morgan fingerprint density at radius 1 is 1.26 bits per heavy atom. The molecule has 8 nitrogen and oxygen atoms in total. The molecule has 35 heavy (non-hydrogen) atoms. The number of nitrogen functional groups attached to an aromatic ring is 1. The molecule has 194 valence electrons. The summed E-state index contributed by atoms with van der Waals surface area (Å²) in [5.74, 6) is 1.27. The van der Waals surface area contributed by atoms with E-state index in [1.165, 1.54) is 4.90 Å². The second-order valence-electron chi connectivity index (χ2n) is 11.6. The van der Waals surface area contributed by atoms with E-state index in [4.69, 9.17) is 25.3 Å². The number of hydrogen-bond donors (Lipinski definition) is 3. The number of nitrogens with zero attached hydrogens (tertiary/aromatic N) is 2. The average molecular weight is 488 g/mol. The van der Waals surface area contributed by atoms with Gasteiger partial charge in [-0.2, -0.15) is 0 Å². The Balaban J connectivity index is 1.39. The van der Waals surface area contributed by atoms with Gasteiger partial charge in [0.15, 0.2) is 0 Å². The fraction of sp³-hybridized carbons (Fsp3) is 0.704. The van der Waals surface area contributed by atoms with Crippen LogP contribution in [0.1, 0.15) is 52.9 Å². The topological polar surface area (TPSA) is 118 Å². The van der Waals surface area contributed by atoms with Gasteiger partial charge < -0.3 is 30.3 Å². The van der Waals surface area contributed by atoms with Gasteiger partial charge in [0.05, 0.1) is 36.9 Å². The summed E-state index contributed by atoms with van der Waals surface area (Å²) in [6.45, 7) is 8.86. The fourth-order valence-electron chi connectivity index (χ4n) is 6.16. The van der Waals surface area contributed by atoms with E-state index in [-0.39, 0.29) is 22.8 Å². The summed E-state index contributed by atoms with van der Waals surface area (Å²) in [4.78, 5) is 17.6. The first-order valence-corrected chi connectivity index (χ1v) is 12.8. The summed E-state index contributed by atoms with van der Waals surface area (Å²) in [5, 5.41) is 22.6. The number of ether oxygens (including phenoxy) is 2. The lowest BCUT2D eigenvalue weighted by atomic mass is 9.56. The molecule has 0 radical (unpaired) electrons. The second kappa shape index (κ2) is 9.97. The third-order valence-corrected chi connectivity index (χ3v) is 8.72. The van der Waals surface area contributed by atoms with Crippen LogP contribution in [0.4, 0.5) is 10.5 Å². The number of methoxy groups -OCH3 is 1. The number of piperidine rings is 1. The number of carboxylic acid groups (broad SMARTS) is 1. The highest BCUT2D eigenvalue weighted by Gasteiger charge is 2.51. The predicted octanol–water partition coefficient (Wildman–Crippen LogP) is 2.66. The average Bonchev–Trinajstić information content (AvgIpc) is 3.21. The summed E-state index contributed by atoms with van der Waals surface area (Å²) >= 11 is 0. The molecule has 1 aliphatic carbocycles. The zero-order valence-corrected chi connectivity index (χ0v) is 21.5. The molecule has 4 atom stereocenters. The molecule has 1 aromatic rings. The van der Waals surface area contributed by atoms with E-state index in [9.17, 15) is 9.90 Å². The maximum absolute atomic E-state index is 11.5. The number of amides is 1. The Morgan fingerprint density at radius 3 is 2.57 bits per heavy atom. The Bertz CT molecular complexity index is 1040. The van der Waals surface area contributed by atoms with E-state index in [0.29, 0.717) is 50.1 Å². The fourth-order valence-corrected chi connectivity index (χ4v) is 6.16. The highest BCUT2D eigenvalue weighted by molar-refractivity contribution is 5.65. The van der Waals surface area contributed by atoms with E-state index in [2.05, 4.69) is 26.8 Å². The minimum Gasteiger partial charge on any atom is -0.495 e. The molecule has 4 rings (SSSR count). The lowest BCUT2D eigenvalue weighted by molar-refractivity contribution is -0.143. The molecule has 0 aromatic heterocycles. The van der Waals surface area contributed by atoms with Crippen LogP contribution in [0.2, 0.25) is 0 Å². The van der Waals surface area contributed by atoms with Crippen molar-refractivity contribution in [3.63, 3.8) is 0 Å². The summed E-state index contributed by atoms with van der Waals surface area (Å²) in [7, 11) is 1.61. The Labute approximate surface area is 207 Å². The lowest BCUT2D eigenvalue weighted by Crippen LogP contribution is -2.53. The minimum atomic E-state index is -0.840. The van der Waals surface area contributed by atoms with Gasteiger partial charge in [0.1, 0.15) is 5.75 Å². The summed E-state index contributed by atoms with van der Waals surface area (Å²) in [6.07, 6.45) is 5.04. The minimum absolute atomic E-state index is 0.0319. The number of rotatable bonds is 6. The van der Waals surface area contributed by atoms with Crippen LogP contribution in [0.5, 0.6) is 5.75 Å². The predicted molar refractivity (Wildman–Crippen MR) is 135 cm³/mol. The molecule has 0 bridgehead atoms. The molecule has 0 spiro atoms. The normalized spacial score (nSPS) is 29.3. The van der Waals surface area contributed by atoms with Crippen molar-refractivity contribution in [2.75, 3.05) is 39.1 Å². The summed E-state index contributed by atoms with van der Waals surface area (Å²) in [6, 6.07) is 3.85. The number of aliphatic hydroxyl groups excluding tert-OH is 1. The number of nitrogens with two attached hydrogens (primary N) is 1. The van der Waals surface area contributed by atoms with Crippen LogP contribution in [0.3, 0.4) is 0 Å². The molecule has 1 saturated carbocycles. The number of likely N-dealkylation sites (tertiary alicyclic amines) is 1. The molecule has 1 aromatic carbocycles. The van der Waals surface area contributed by atoms with Crippen molar-refractivity contribution < 1.29 is 24.5 Å². The molecule has 2 fully saturated rings. The third-order valence-electron chi connectivity index (χ3n) is 8.72. The van der Waals surface area contributed by atoms with Gasteiger partial charge in [-0.25, -0.2) is 4.79 Å². The molecular weight excluding hydrogens is 446 g/mol. The van der Waals surface area contributed by atoms with Gasteiger partial charge in [0.25, 0.3) is 0 Å². The largest absolute Gasteiger partial charge is 0.495 e. The number of carbonyl (C=O) groups is 1. The number of benzene rings is 1. The third kappa shape index (κ3) is 5.14. The van der Waals surface area contributed by atoms with Crippen molar-refractivity contribution in [3.05, 3.63) is 22.7 Å². The van der Waals surface area contributed by atoms with Gasteiger partial charge in [-0.15, -0.1) is 0 Å². The zero-order chi connectivity index (χ0) is 25.4. The van der Waals surface area contributed by atoms with Gasteiger partial charge >= 0.3 is 6.09 Å². The second-order valence-corrected chi connectivity index (χ2v) is 11.6. The number of aliphatic hydroxyl groups is 1. The number of anilines is 1. The first-order valence-electron chi connectivity index (χ1n) is 12.8. The molecule has 2 unspecified atom stereocenters. The molecule has 2 aliphatic heterocycles. The van der Waals surface area contributed by atoms with E-state index in [0.717, 1.165) is 36.3 Å². The van der Waals surface area contributed by atoms with Gasteiger partial charge in [-0.1, -0.05) is 26.8 Å². The first kappa shape index (κ1) is 25.8. The maximum Gasteiger partial charge on any atom is 0.407 e. The SMILES string of the molecule is COc1cc2c(cc1N)=CC([C@H]1CC[C@@](COCC3CCN(C(=O)O)CC3)(C(C)(C)C)C(O)C1)N=2. The van der Waals surface area contributed by atoms with E-state index in [1.807, 2.05) is 12.1 Å². The van der Waals surface area contributed by atoms with Crippen LogP contribution in [0, 0.1) is 22.7 Å². The summed E-state index contributed by atoms with van der Waals surface area (Å²) < 4.78 is 11.6. The molecule has 1 saturated heterocycles. The molecule has 4 N–H and O–H groups in total. The van der Waals surface area contributed by atoms with Gasteiger partial charge in [-0.3, -0.25) is 4.99 Å². The highest BCUT2D eigenvalue weighted by atomic mass is 16.5. The molecule has 1 amide bonds.